The van der Waals surface area contributed by atoms with Gasteiger partial charge in [0.05, 0.1) is 13.2 Å². The molecule has 5 heteroatoms. The molecular weight excluding hydrogens is 248 g/mol. The summed E-state index contributed by atoms with van der Waals surface area (Å²) in [4.78, 5) is 4.25. The third-order valence-corrected chi connectivity index (χ3v) is 3.67. The van der Waals surface area contributed by atoms with E-state index in [0.29, 0.717) is 12.3 Å². The minimum absolute atomic E-state index is 0.173. The second kappa shape index (κ2) is 5.84. The highest BCUT2D eigenvalue weighted by atomic mass is 32.1. The number of phenols is 1. The van der Waals surface area contributed by atoms with Gasteiger partial charge in [-0.25, -0.2) is 4.98 Å². The van der Waals surface area contributed by atoms with Crippen LogP contribution in [0.1, 0.15) is 23.5 Å². The Hall–Kier alpha value is -1.59. The summed E-state index contributed by atoms with van der Waals surface area (Å²) in [7, 11) is 1.58. The van der Waals surface area contributed by atoms with E-state index in [0.717, 1.165) is 10.6 Å². The predicted octanol–water partition coefficient (Wildman–Crippen LogP) is 2.71. The van der Waals surface area contributed by atoms with Gasteiger partial charge in [0.1, 0.15) is 16.5 Å². The third-order valence-electron chi connectivity index (χ3n) is 2.71. The summed E-state index contributed by atoms with van der Waals surface area (Å²) in [5.41, 5.74) is 0.846. The highest BCUT2D eigenvalue weighted by Crippen LogP contribution is 2.24. The zero-order valence-electron chi connectivity index (χ0n) is 10.4. The van der Waals surface area contributed by atoms with E-state index >= 15 is 0 Å². The van der Waals surface area contributed by atoms with Crippen LogP contribution in [0.4, 0.5) is 0 Å². The molecule has 2 aromatic rings. The van der Waals surface area contributed by atoms with Gasteiger partial charge in [-0.05, 0) is 13.0 Å². The molecule has 0 aliphatic heterocycles. The molecule has 96 valence electrons. The van der Waals surface area contributed by atoms with Crippen molar-refractivity contribution in [1.29, 1.82) is 0 Å². The topological polar surface area (TPSA) is 54.4 Å². The molecule has 0 radical (unpaired) electrons. The van der Waals surface area contributed by atoms with Gasteiger partial charge in [-0.3, -0.25) is 0 Å². The van der Waals surface area contributed by atoms with Crippen LogP contribution in [0.15, 0.2) is 29.8 Å². The number of hydrogen-bond acceptors (Lipinski definition) is 5. The van der Waals surface area contributed by atoms with Gasteiger partial charge < -0.3 is 15.2 Å². The molecule has 2 rings (SSSR count). The maximum absolute atomic E-state index is 9.83. The molecule has 4 nitrogen and oxygen atoms in total. The van der Waals surface area contributed by atoms with Crippen LogP contribution in [0, 0.1) is 0 Å². The summed E-state index contributed by atoms with van der Waals surface area (Å²) in [5.74, 6) is 0.900. The van der Waals surface area contributed by atoms with E-state index in [9.17, 15) is 5.11 Å². The number of nitrogens with zero attached hydrogens (tertiary/aromatic N) is 1. The lowest BCUT2D eigenvalue weighted by Crippen LogP contribution is -2.17. The molecule has 1 aromatic carbocycles. The largest absolute Gasteiger partial charge is 0.507 e. The Morgan fingerprint density at radius 3 is 2.94 bits per heavy atom. The fourth-order valence-corrected chi connectivity index (χ4v) is 2.29. The molecule has 0 aliphatic rings. The first kappa shape index (κ1) is 12.9. The van der Waals surface area contributed by atoms with Crippen LogP contribution in [0.25, 0.3) is 0 Å². The maximum Gasteiger partial charge on any atom is 0.123 e. The van der Waals surface area contributed by atoms with Crippen LogP contribution in [-0.4, -0.2) is 17.2 Å². The molecule has 0 amide bonds. The van der Waals surface area contributed by atoms with Crippen molar-refractivity contribution >= 4 is 11.3 Å². The first-order valence-electron chi connectivity index (χ1n) is 5.69. The third kappa shape index (κ3) is 3.00. The fraction of sp³-hybridized carbons (Fsp3) is 0.308. The van der Waals surface area contributed by atoms with Gasteiger partial charge in [0.25, 0.3) is 0 Å². The molecule has 1 heterocycles. The molecule has 1 unspecified atom stereocenters. The normalized spacial score (nSPS) is 12.3. The second-order valence-corrected chi connectivity index (χ2v) is 4.89. The van der Waals surface area contributed by atoms with Gasteiger partial charge in [-0.2, -0.15) is 0 Å². The second-order valence-electron chi connectivity index (χ2n) is 3.97. The van der Waals surface area contributed by atoms with Crippen LogP contribution in [-0.2, 0) is 6.54 Å². The van der Waals surface area contributed by atoms with Crippen LogP contribution in [0.5, 0.6) is 11.5 Å². The van der Waals surface area contributed by atoms with Crippen molar-refractivity contribution in [3.05, 3.63) is 40.3 Å². The molecule has 0 aliphatic carbocycles. The quantitative estimate of drug-likeness (QED) is 0.872. The Morgan fingerprint density at radius 2 is 2.33 bits per heavy atom. The standard InChI is InChI=1S/C13H16N2O2S/c1-9(13-14-5-6-18-13)15-8-10-3-4-11(17-2)7-12(10)16/h3-7,9,15-16H,8H2,1-2H3. The molecule has 2 N–H and O–H groups in total. The molecule has 0 saturated carbocycles. The highest BCUT2D eigenvalue weighted by Gasteiger charge is 2.09. The van der Waals surface area contributed by atoms with Crippen LogP contribution in [0.3, 0.4) is 0 Å². The van der Waals surface area contributed by atoms with E-state index in [1.54, 1.807) is 30.7 Å². The van der Waals surface area contributed by atoms with Crippen molar-refractivity contribution in [1.82, 2.24) is 10.3 Å². The molecule has 1 atom stereocenters. The number of rotatable bonds is 5. The smallest absolute Gasteiger partial charge is 0.123 e. The SMILES string of the molecule is COc1ccc(CNC(C)c2nccs2)c(O)c1. The van der Waals surface area contributed by atoms with Crippen LogP contribution in [0.2, 0.25) is 0 Å². The van der Waals surface area contributed by atoms with Gasteiger partial charge >= 0.3 is 0 Å². The van der Waals surface area contributed by atoms with Crippen LogP contribution >= 0.6 is 11.3 Å². The van der Waals surface area contributed by atoms with Gasteiger partial charge in [0, 0.05) is 29.8 Å². The highest BCUT2D eigenvalue weighted by molar-refractivity contribution is 7.09. The molecule has 0 fully saturated rings. The maximum atomic E-state index is 9.83. The Labute approximate surface area is 110 Å². The Morgan fingerprint density at radius 1 is 1.50 bits per heavy atom. The molecule has 18 heavy (non-hydrogen) atoms. The predicted molar refractivity (Wildman–Crippen MR) is 72.0 cm³/mol. The lowest BCUT2D eigenvalue weighted by molar-refractivity contribution is 0.405. The zero-order chi connectivity index (χ0) is 13.0. The minimum Gasteiger partial charge on any atom is -0.507 e. The van der Waals surface area contributed by atoms with E-state index in [1.807, 2.05) is 17.5 Å². The van der Waals surface area contributed by atoms with Crippen molar-refractivity contribution < 1.29 is 9.84 Å². The first-order valence-corrected chi connectivity index (χ1v) is 6.57. The Balaban J connectivity index is 1.98. The summed E-state index contributed by atoms with van der Waals surface area (Å²) >= 11 is 1.62. The van der Waals surface area contributed by atoms with Crippen molar-refractivity contribution in [3.63, 3.8) is 0 Å². The number of benzene rings is 1. The molecule has 0 bridgehead atoms. The number of thiazole rings is 1. The summed E-state index contributed by atoms with van der Waals surface area (Å²) in [6.45, 7) is 2.65. The van der Waals surface area contributed by atoms with Crippen LogP contribution < -0.4 is 10.1 Å². The van der Waals surface area contributed by atoms with E-state index in [2.05, 4.69) is 17.2 Å². The van der Waals surface area contributed by atoms with Crippen molar-refractivity contribution in [2.45, 2.75) is 19.5 Å². The monoisotopic (exact) mass is 264 g/mol. The number of methoxy groups -OCH3 is 1. The molecule has 0 saturated heterocycles. The lowest BCUT2D eigenvalue weighted by Gasteiger charge is -2.12. The number of nitrogens with one attached hydrogen (secondary N) is 1. The van der Waals surface area contributed by atoms with E-state index in [4.69, 9.17) is 4.74 Å². The van der Waals surface area contributed by atoms with Gasteiger partial charge in [-0.1, -0.05) is 6.07 Å². The minimum atomic E-state index is 0.173. The molecule has 0 spiro atoms. The average molecular weight is 264 g/mol. The number of phenolic OH excluding ortho intramolecular Hbond substituents is 1. The number of hydrogen-bond donors (Lipinski definition) is 2. The van der Waals surface area contributed by atoms with Crippen molar-refractivity contribution in [2.75, 3.05) is 7.11 Å². The Kier molecular flexibility index (Phi) is 4.17. The summed E-state index contributed by atoms with van der Waals surface area (Å²) < 4.78 is 5.05. The first-order chi connectivity index (χ1) is 8.70. The van der Waals surface area contributed by atoms with E-state index in [1.165, 1.54) is 0 Å². The van der Waals surface area contributed by atoms with Crippen molar-refractivity contribution in [3.8, 4) is 11.5 Å². The molecule has 1 aromatic heterocycles. The number of aromatic hydroxyl groups is 1. The summed E-state index contributed by atoms with van der Waals surface area (Å²) in [6, 6.07) is 5.48. The van der Waals surface area contributed by atoms with Gasteiger partial charge in [0.2, 0.25) is 0 Å². The summed E-state index contributed by atoms with van der Waals surface area (Å²) in [6.07, 6.45) is 1.79. The average Bonchev–Trinajstić information content (AvgIpc) is 2.90. The van der Waals surface area contributed by atoms with Gasteiger partial charge in [0.15, 0.2) is 0 Å². The number of aromatic nitrogens is 1. The fourth-order valence-electron chi connectivity index (χ4n) is 1.62. The zero-order valence-corrected chi connectivity index (χ0v) is 11.2. The van der Waals surface area contributed by atoms with Crippen molar-refractivity contribution in [2.24, 2.45) is 0 Å². The van der Waals surface area contributed by atoms with E-state index in [-0.39, 0.29) is 11.8 Å². The van der Waals surface area contributed by atoms with Gasteiger partial charge in [-0.15, -0.1) is 11.3 Å². The molecular formula is C13H16N2O2S. The lowest BCUT2D eigenvalue weighted by atomic mass is 10.2. The number of ether oxygens (including phenoxy) is 1. The Bertz CT molecular complexity index is 500. The van der Waals surface area contributed by atoms with E-state index < -0.39 is 0 Å². The summed E-state index contributed by atoms with van der Waals surface area (Å²) in [5, 5.41) is 16.2.